The summed E-state index contributed by atoms with van der Waals surface area (Å²) in [5.74, 6) is 1.75. The molecule has 4 heteroatoms. The van der Waals surface area contributed by atoms with Crippen molar-refractivity contribution in [2.24, 2.45) is 0 Å². The number of rotatable bonds is 1. The monoisotopic (exact) mass is 262 g/mol. The van der Waals surface area contributed by atoms with E-state index in [1.54, 1.807) is 0 Å². The standard InChI is InChI=1S/C15H22N2O2/c1-9-10(2)19-11(3)14(9)15(18)17-7-6-12-4-5-13(8-17)16-12/h12-13,16H,4-8H2,1-3H3. The Morgan fingerprint density at radius 1 is 1.16 bits per heavy atom. The van der Waals surface area contributed by atoms with Crippen LogP contribution in [0.3, 0.4) is 0 Å². The number of furan rings is 1. The van der Waals surface area contributed by atoms with Crippen LogP contribution in [0.2, 0.25) is 0 Å². The highest BCUT2D eigenvalue weighted by molar-refractivity contribution is 5.97. The summed E-state index contributed by atoms with van der Waals surface area (Å²) in [5.41, 5.74) is 1.76. The molecule has 3 heterocycles. The minimum atomic E-state index is 0.140. The zero-order valence-electron chi connectivity index (χ0n) is 12.0. The van der Waals surface area contributed by atoms with Crippen LogP contribution in [0.15, 0.2) is 4.42 Å². The smallest absolute Gasteiger partial charge is 0.257 e. The van der Waals surface area contributed by atoms with Gasteiger partial charge in [-0.3, -0.25) is 4.79 Å². The van der Waals surface area contributed by atoms with E-state index < -0.39 is 0 Å². The fraction of sp³-hybridized carbons (Fsp3) is 0.667. The van der Waals surface area contributed by atoms with Gasteiger partial charge in [-0.1, -0.05) is 0 Å². The van der Waals surface area contributed by atoms with E-state index in [2.05, 4.69) is 5.32 Å². The minimum Gasteiger partial charge on any atom is -0.466 e. The maximum atomic E-state index is 12.7. The molecule has 1 aromatic rings. The van der Waals surface area contributed by atoms with Crippen LogP contribution in [0, 0.1) is 20.8 Å². The van der Waals surface area contributed by atoms with Gasteiger partial charge in [0.05, 0.1) is 5.56 Å². The third-order valence-electron chi connectivity index (χ3n) is 4.59. The fourth-order valence-electron chi connectivity index (χ4n) is 3.39. The lowest BCUT2D eigenvalue weighted by Crippen LogP contribution is -2.39. The lowest BCUT2D eigenvalue weighted by Gasteiger charge is -2.24. The Kier molecular flexibility index (Phi) is 3.13. The Morgan fingerprint density at radius 3 is 2.58 bits per heavy atom. The maximum Gasteiger partial charge on any atom is 0.257 e. The Bertz CT molecular complexity index is 506. The number of likely N-dealkylation sites (tertiary alicyclic amines) is 1. The zero-order valence-corrected chi connectivity index (χ0v) is 12.0. The van der Waals surface area contributed by atoms with Crippen molar-refractivity contribution in [2.45, 2.75) is 52.1 Å². The van der Waals surface area contributed by atoms with E-state index in [9.17, 15) is 4.79 Å². The predicted octanol–water partition coefficient (Wildman–Crippen LogP) is 2.17. The highest BCUT2D eigenvalue weighted by atomic mass is 16.3. The molecule has 0 aromatic carbocycles. The zero-order chi connectivity index (χ0) is 13.6. The molecule has 2 saturated heterocycles. The van der Waals surface area contributed by atoms with E-state index in [1.165, 1.54) is 12.8 Å². The first-order chi connectivity index (χ1) is 9.06. The van der Waals surface area contributed by atoms with Gasteiger partial charge in [0.15, 0.2) is 0 Å². The van der Waals surface area contributed by atoms with Crippen molar-refractivity contribution >= 4 is 5.91 Å². The number of fused-ring (bicyclic) bond motifs is 2. The number of hydrogen-bond acceptors (Lipinski definition) is 3. The summed E-state index contributed by atoms with van der Waals surface area (Å²) < 4.78 is 5.59. The van der Waals surface area contributed by atoms with Crippen LogP contribution in [0.4, 0.5) is 0 Å². The first-order valence-electron chi connectivity index (χ1n) is 7.18. The molecule has 1 amide bonds. The highest BCUT2D eigenvalue weighted by Gasteiger charge is 2.33. The molecular formula is C15H22N2O2. The fourth-order valence-corrected chi connectivity index (χ4v) is 3.39. The summed E-state index contributed by atoms with van der Waals surface area (Å²) in [6.45, 7) is 7.47. The van der Waals surface area contributed by atoms with E-state index >= 15 is 0 Å². The molecule has 4 nitrogen and oxygen atoms in total. The molecule has 2 aliphatic rings. The average Bonchev–Trinajstić information content (AvgIpc) is 2.79. The molecule has 2 atom stereocenters. The van der Waals surface area contributed by atoms with Crippen LogP contribution in [0.1, 0.15) is 46.7 Å². The third kappa shape index (κ3) is 2.18. The quantitative estimate of drug-likeness (QED) is 0.843. The number of carbonyl (C=O) groups excluding carboxylic acids is 1. The summed E-state index contributed by atoms with van der Waals surface area (Å²) in [5, 5.41) is 3.61. The summed E-state index contributed by atoms with van der Waals surface area (Å²) in [7, 11) is 0. The molecule has 0 aliphatic carbocycles. The van der Waals surface area contributed by atoms with Crippen LogP contribution in [-0.4, -0.2) is 36.0 Å². The normalized spacial score (nSPS) is 26.6. The van der Waals surface area contributed by atoms with Crippen molar-refractivity contribution in [3.05, 3.63) is 22.6 Å². The average molecular weight is 262 g/mol. The van der Waals surface area contributed by atoms with Crippen molar-refractivity contribution in [2.75, 3.05) is 13.1 Å². The molecule has 0 saturated carbocycles. The molecule has 2 bridgehead atoms. The second kappa shape index (κ2) is 4.67. The third-order valence-corrected chi connectivity index (χ3v) is 4.59. The number of nitrogens with one attached hydrogen (secondary N) is 1. The lowest BCUT2D eigenvalue weighted by atomic mass is 10.1. The Balaban J connectivity index is 1.83. The second-order valence-corrected chi connectivity index (χ2v) is 5.89. The summed E-state index contributed by atoms with van der Waals surface area (Å²) in [6.07, 6.45) is 3.52. The van der Waals surface area contributed by atoms with E-state index in [0.717, 1.165) is 42.2 Å². The molecule has 1 aromatic heterocycles. The van der Waals surface area contributed by atoms with Gasteiger partial charge in [-0.05, 0) is 40.0 Å². The topological polar surface area (TPSA) is 45.5 Å². The number of aryl methyl sites for hydroxylation is 2. The lowest BCUT2D eigenvalue weighted by molar-refractivity contribution is 0.0746. The molecule has 1 N–H and O–H groups in total. The number of carbonyl (C=O) groups is 1. The highest BCUT2D eigenvalue weighted by Crippen LogP contribution is 2.25. The molecule has 19 heavy (non-hydrogen) atoms. The number of amides is 1. The van der Waals surface area contributed by atoms with Gasteiger partial charge >= 0.3 is 0 Å². The van der Waals surface area contributed by atoms with Crippen LogP contribution in [-0.2, 0) is 0 Å². The molecular weight excluding hydrogens is 240 g/mol. The van der Waals surface area contributed by atoms with Gasteiger partial charge in [0.25, 0.3) is 5.91 Å². The molecule has 3 rings (SSSR count). The van der Waals surface area contributed by atoms with Crippen molar-refractivity contribution in [3.8, 4) is 0 Å². The summed E-state index contributed by atoms with van der Waals surface area (Å²) in [6, 6.07) is 1.08. The van der Waals surface area contributed by atoms with Crippen molar-refractivity contribution in [1.29, 1.82) is 0 Å². The molecule has 0 radical (unpaired) electrons. The number of hydrogen-bond donors (Lipinski definition) is 1. The summed E-state index contributed by atoms with van der Waals surface area (Å²) >= 11 is 0. The Labute approximate surface area is 114 Å². The molecule has 2 aliphatic heterocycles. The first-order valence-corrected chi connectivity index (χ1v) is 7.18. The van der Waals surface area contributed by atoms with Gasteiger partial charge in [0.1, 0.15) is 11.5 Å². The summed E-state index contributed by atoms with van der Waals surface area (Å²) in [4.78, 5) is 14.7. The minimum absolute atomic E-state index is 0.140. The maximum absolute atomic E-state index is 12.7. The van der Waals surface area contributed by atoms with Gasteiger partial charge in [0, 0.05) is 30.7 Å². The Morgan fingerprint density at radius 2 is 1.89 bits per heavy atom. The van der Waals surface area contributed by atoms with Crippen LogP contribution < -0.4 is 5.32 Å². The van der Waals surface area contributed by atoms with Crippen molar-refractivity contribution < 1.29 is 9.21 Å². The van der Waals surface area contributed by atoms with Gasteiger partial charge in [-0.25, -0.2) is 0 Å². The van der Waals surface area contributed by atoms with E-state index in [4.69, 9.17) is 4.42 Å². The molecule has 0 spiro atoms. The predicted molar refractivity (Wildman–Crippen MR) is 73.4 cm³/mol. The van der Waals surface area contributed by atoms with E-state index in [-0.39, 0.29) is 5.91 Å². The second-order valence-electron chi connectivity index (χ2n) is 5.89. The van der Waals surface area contributed by atoms with Crippen LogP contribution in [0.25, 0.3) is 0 Å². The SMILES string of the molecule is Cc1oc(C)c(C(=O)N2CCC3CCC(C2)N3)c1C. The largest absolute Gasteiger partial charge is 0.466 e. The van der Waals surface area contributed by atoms with Gasteiger partial charge < -0.3 is 14.6 Å². The van der Waals surface area contributed by atoms with Gasteiger partial charge in [0.2, 0.25) is 0 Å². The molecule has 2 unspecified atom stereocenters. The van der Waals surface area contributed by atoms with Crippen LogP contribution in [0.5, 0.6) is 0 Å². The van der Waals surface area contributed by atoms with E-state index in [0.29, 0.717) is 12.1 Å². The molecule has 2 fully saturated rings. The number of nitrogens with zero attached hydrogens (tertiary/aromatic N) is 1. The molecule has 104 valence electrons. The van der Waals surface area contributed by atoms with Crippen molar-refractivity contribution in [3.63, 3.8) is 0 Å². The van der Waals surface area contributed by atoms with Gasteiger partial charge in [-0.2, -0.15) is 0 Å². The van der Waals surface area contributed by atoms with Crippen LogP contribution >= 0.6 is 0 Å². The Hall–Kier alpha value is -1.29. The van der Waals surface area contributed by atoms with Gasteiger partial charge in [-0.15, -0.1) is 0 Å². The van der Waals surface area contributed by atoms with Crippen molar-refractivity contribution in [1.82, 2.24) is 10.2 Å². The first kappa shape index (κ1) is 12.7. The van der Waals surface area contributed by atoms with E-state index in [1.807, 2.05) is 25.7 Å².